The molecule has 10 rings (SSSR count). The molecule has 9 aromatic rings. The van der Waals surface area contributed by atoms with Crippen molar-refractivity contribution < 1.29 is 4.42 Å². The first kappa shape index (κ1) is 25.4. The molecule has 5 heteroatoms. The molecule has 1 unspecified atom stereocenters. The topological polar surface area (TPSA) is 57.8 Å². The average Bonchev–Trinajstić information content (AvgIpc) is 3.62. The third kappa shape index (κ3) is 3.75. The van der Waals surface area contributed by atoms with Crippen molar-refractivity contribution in [2.24, 2.45) is 0 Å². The fourth-order valence-corrected chi connectivity index (χ4v) is 7.46. The second-order valence-corrected chi connectivity index (χ2v) is 12.4. The number of benzene rings is 6. The van der Waals surface area contributed by atoms with Crippen molar-refractivity contribution in [3.05, 3.63) is 145 Å². The van der Waals surface area contributed by atoms with E-state index in [0.29, 0.717) is 6.42 Å². The van der Waals surface area contributed by atoms with E-state index in [1.54, 1.807) is 0 Å². The Hall–Kier alpha value is -5.94. The van der Waals surface area contributed by atoms with Gasteiger partial charge in [-0.1, -0.05) is 97.1 Å². The van der Waals surface area contributed by atoms with Crippen LogP contribution in [0.3, 0.4) is 0 Å². The van der Waals surface area contributed by atoms with E-state index in [-0.39, 0.29) is 11.5 Å². The standard InChI is InChI=1S/C41H28N4O/c42-41-27-10-7-9-25(21-27)29-11-1-2-12-30(29)26-19-20-38-34(22-26)40-33(15-8-18-39(40)46-38)35(43-41)23-28-24-44(28)45-36-16-5-3-13-31(36)32-14-4-6-17-37(32)45/h1-22,28,42H,23-24H2. The Morgan fingerprint density at radius 2 is 1.22 bits per heavy atom. The van der Waals surface area contributed by atoms with Crippen LogP contribution in [0.1, 0.15) is 5.69 Å². The van der Waals surface area contributed by atoms with Crippen molar-refractivity contribution >= 4 is 76.1 Å². The predicted molar refractivity (Wildman–Crippen MR) is 189 cm³/mol. The summed E-state index contributed by atoms with van der Waals surface area (Å²) in [6.45, 7) is 0.909. The normalized spacial score (nSPS) is 14.8. The van der Waals surface area contributed by atoms with Crippen LogP contribution in [0.4, 0.5) is 0 Å². The summed E-state index contributed by atoms with van der Waals surface area (Å²) >= 11 is 0. The molecule has 3 aromatic heterocycles. The molecule has 1 aliphatic heterocycles. The lowest BCUT2D eigenvalue weighted by Gasteiger charge is -2.11. The molecule has 0 amide bonds. The predicted octanol–water partition coefficient (Wildman–Crippen LogP) is 9.15. The van der Waals surface area contributed by atoms with Gasteiger partial charge in [0.25, 0.3) is 0 Å². The van der Waals surface area contributed by atoms with Gasteiger partial charge < -0.3 is 9.43 Å². The molecule has 1 N–H and O–H groups in total. The molecule has 0 spiro atoms. The summed E-state index contributed by atoms with van der Waals surface area (Å²) in [6, 6.07) is 47.0. The number of nitrogens with zero attached hydrogens (tertiary/aromatic N) is 3. The van der Waals surface area contributed by atoms with E-state index in [4.69, 9.17) is 9.40 Å². The monoisotopic (exact) mass is 592 g/mol. The molecule has 1 saturated heterocycles. The van der Waals surface area contributed by atoms with Crippen molar-refractivity contribution in [3.63, 3.8) is 0 Å². The lowest BCUT2D eigenvalue weighted by molar-refractivity contribution is 0.669. The third-order valence-electron chi connectivity index (χ3n) is 9.66. The van der Waals surface area contributed by atoms with Gasteiger partial charge in [-0.25, -0.2) is 4.98 Å². The quantitative estimate of drug-likeness (QED) is 0.208. The van der Waals surface area contributed by atoms with Crippen molar-refractivity contribution in [1.82, 2.24) is 9.66 Å². The number of aromatic nitrogens is 2. The number of hydrogen-bond donors (Lipinski definition) is 1. The van der Waals surface area contributed by atoms with Crippen LogP contribution in [-0.4, -0.2) is 22.2 Å². The van der Waals surface area contributed by atoms with Crippen LogP contribution in [0.2, 0.25) is 0 Å². The zero-order valence-corrected chi connectivity index (χ0v) is 24.9. The highest BCUT2D eigenvalue weighted by Gasteiger charge is 2.37. The lowest BCUT2D eigenvalue weighted by Crippen LogP contribution is -2.17. The Morgan fingerprint density at radius 1 is 0.587 bits per heavy atom. The van der Waals surface area contributed by atoms with E-state index in [9.17, 15) is 5.41 Å². The molecule has 1 fully saturated rings. The van der Waals surface area contributed by atoms with Crippen LogP contribution in [0.15, 0.2) is 138 Å². The molecular weight excluding hydrogens is 564 g/mol. The Morgan fingerprint density at radius 3 is 1.98 bits per heavy atom. The number of hydrogen-bond acceptors (Lipinski definition) is 4. The smallest absolute Gasteiger partial charge is 0.152 e. The van der Waals surface area contributed by atoms with Gasteiger partial charge in [-0.15, -0.1) is 0 Å². The summed E-state index contributed by atoms with van der Waals surface area (Å²) in [5.41, 5.74) is 5.28. The molecule has 4 bridgehead atoms. The molecule has 0 aliphatic carbocycles. The number of nitrogens with one attached hydrogen (secondary N) is 1. The van der Waals surface area contributed by atoms with E-state index in [1.165, 1.54) is 21.8 Å². The minimum absolute atomic E-state index is 0.237. The maximum absolute atomic E-state index is 9.27. The van der Waals surface area contributed by atoms with Gasteiger partial charge in [-0.2, -0.15) is 0 Å². The van der Waals surface area contributed by atoms with E-state index >= 15 is 0 Å². The van der Waals surface area contributed by atoms with Gasteiger partial charge in [0.15, 0.2) is 5.49 Å². The number of furan rings is 1. The highest BCUT2D eigenvalue weighted by molar-refractivity contribution is 6.17. The largest absolute Gasteiger partial charge is 0.456 e. The van der Waals surface area contributed by atoms with E-state index in [1.807, 2.05) is 24.3 Å². The van der Waals surface area contributed by atoms with E-state index < -0.39 is 0 Å². The zero-order chi connectivity index (χ0) is 30.4. The van der Waals surface area contributed by atoms with Crippen LogP contribution in [0.25, 0.3) is 76.1 Å². The number of fused-ring (bicyclic) bond motifs is 9. The molecule has 0 saturated carbocycles. The molecule has 218 valence electrons. The fraction of sp³-hybridized carbons (Fsp3) is 0.0732. The van der Waals surface area contributed by atoms with Crippen molar-refractivity contribution in [2.45, 2.75) is 12.5 Å². The van der Waals surface area contributed by atoms with Crippen LogP contribution >= 0.6 is 0 Å². The Bertz CT molecular complexity index is 2760. The van der Waals surface area contributed by atoms with Gasteiger partial charge >= 0.3 is 0 Å². The van der Waals surface area contributed by atoms with Crippen molar-refractivity contribution in [1.29, 1.82) is 5.41 Å². The molecule has 5 nitrogen and oxygen atoms in total. The third-order valence-corrected chi connectivity index (χ3v) is 9.66. The van der Waals surface area contributed by atoms with Gasteiger partial charge in [-0.05, 0) is 57.9 Å². The maximum atomic E-state index is 9.27. The lowest BCUT2D eigenvalue weighted by atomic mass is 10.0. The minimum Gasteiger partial charge on any atom is -0.456 e. The molecule has 1 aliphatic rings. The van der Waals surface area contributed by atoms with Crippen LogP contribution in [0, 0.1) is 5.41 Å². The van der Waals surface area contributed by atoms with Gasteiger partial charge in [0.1, 0.15) is 11.2 Å². The molecule has 1 atom stereocenters. The minimum atomic E-state index is 0.237. The Labute approximate surface area is 263 Å². The summed E-state index contributed by atoms with van der Waals surface area (Å²) in [5.74, 6) is 0. The highest BCUT2D eigenvalue weighted by atomic mass is 16.3. The Kier molecular flexibility index (Phi) is 5.26. The molecular formula is C41H28N4O. The van der Waals surface area contributed by atoms with Gasteiger partial charge in [-0.3, -0.25) is 10.1 Å². The summed E-state index contributed by atoms with van der Waals surface area (Å²) in [4.78, 5) is 5.14. The van der Waals surface area contributed by atoms with E-state index in [2.05, 4.69) is 119 Å². The van der Waals surface area contributed by atoms with Crippen molar-refractivity contribution in [3.8, 4) is 0 Å². The molecule has 46 heavy (non-hydrogen) atoms. The first-order valence-corrected chi connectivity index (χ1v) is 15.8. The van der Waals surface area contributed by atoms with Gasteiger partial charge in [0.05, 0.1) is 29.3 Å². The first-order valence-electron chi connectivity index (χ1n) is 15.8. The SMILES string of the molecule is N=c1nc(CC2CN2n2c3ccccc3c3ccccc32)c2cccc3oc4ccc(cc4c32)c2ccccc2c2cccc1c2. The summed E-state index contributed by atoms with van der Waals surface area (Å²) < 4.78 is 8.80. The first-order chi connectivity index (χ1) is 22.7. The Balaban J connectivity index is 1.25. The van der Waals surface area contributed by atoms with Crippen LogP contribution in [0.5, 0.6) is 0 Å². The second kappa shape index (κ2) is 9.53. The summed E-state index contributed by atoms with van der Waals surface area (Å²) in [6.07, 6.45) is 0.703. The summed E-state index contributed by atoms with van der Waals surface area (Å²) in [5, 5.41) is 22.7. The molecule has 4 heterocycles. The zero-order valence-electron chi connectivity index (χ0n) is 24.9. The van der Waals surface area contributed by atoms with Gasteiger partial charge in [0.2, 0.25) is 0 Å². The molecule has 6 aromatic carbocycles. The number of para-hydroxylation sites is 2. The van der Waals surface area contributed by atoms with Crippen LogP contribution < -0.4 is 10.5 Å². The van der Waals surface area contributed by atoms with E-state index in [0.717, 1.165) is 66.5 Å². The van der Waals surface area contributed by atoms with Crippen LogP contribution in [-0.2, 0) is 6.42 Å². The van der Waals surface area contributed by atoms with Gasteiger partial charge in [0, 0.05) is 38.7 Å². The maximum Gasteiger partial charge on any atom is 0.152 e. The summed E-state index contributed by atoms with van der Waals surface area (Å²) in [7, 11) is 0. The second-order valence-electron chi connectivity index (χ2n) is 12.4. The number of rotatable bonds is 3. The highest BCUT2D eigenvalue weighted by Crippen LogP contribution is 2.37. The van der Waals surface area contributed by atoms with Crippen molar-refractivity contribution in [2.75, 3.05) is 11.6 Å². The fourth-order valence-electron chi connectivity index (χ4n) is 7.46. The average molecular weight is 593 g/mol. The molecule has 0 radical (unpaired) electrons.